The van der Waals surface area contributed by atoms with Gasteiger partial charge in [-0.15, -0.1) is 0 Å². The largest absolute Gasteiger partial charge is 0.387 e. The summed E-state index contributed by atoms with van der Waals surface area (Å²) < 4.78 is 38.0. The lowest BCUT2D eigenvalue weighted by Gasteiger charge is -2.41. The van der Waals surface area contributed by atoms with E-state index < -0.39 is 30.8 Å². The quantitative estimate of drug-likeness (QED) is 0.493. The molecule has 0 saturated carbocycles. The fraction of sp³-hybridized carbons (Fsp3) is 0.333. The van der Waals surface area contributed by atoms with Crippen LogP contribution in [0.1, 0.15) is 16.7 Å². The van der Waals surface area contributed by atoms with Crippen LogP contribution in [-0.2, 0) is 38.8 Å². The second-order valence-electron chi connectivity index (χ2n) is 8.04. The number of hydrogen-bond donors (Lipinski definition) is 1. The van der Waals surface area contributed by atoms with Crippen LogP contribution in [0, 0.1) is 0 Å². The lowest BCUT2D eigenvalue weighted by molar-refractivity contribution is -0.288. The number of benzene rings is 3. The van der Waals surface area contributed by atoms with Gasteiger partial charge in [-0.3, -0.25) is 0 Å². The summed E-state index contributed by atoms with van der Waals surface area (Å²) in [5.74, 6) is 0. The Balaban J connectivity index is 1.41. The van der Waals surface area contributed by atoms with Gasteiger partial charge in [-0.25, -0.2) is 4.39 Å². The summed E-state index contributed by atoms with van der Waals surface area (Å²) in [5, 5.41) is 11.0. The van der Waals surface area contributed by atoms with Crippen molar-refractivity contribution in [2.45, 2.75) is 50.6 Å². The van der Waals surface area contributed by atoms with Crippen LogP contribution in [0.25, 0.3) is 0 Å². The van der Waals surface area contributed by atoms with Crippen LogP contribution < -0.4 is 0 Å². The van der Waals surface area contributed by atoms with E-state index in [0.717, 1.165) is 16.7 Å². The zero-order valence-electron chi connectivity index (χ0n) is 18.3. The fourth-order valence-corrected chi connectivity index (χ4v) is 3.80. The van der Waals surface area contributed by atoms with Crippen LogP contribution in [0.3, 0.4) is 0 Å². The van der Waals surface area contributed by atoms with E-state index >= 15 is 0 Å². The van der Waals surface area contributed by atoms with Crippen molar-refractivity contribution >= 4 is 0 Å². The zero-order valence-corrected chi connectivity index (χ0v) is 18.3. The minimum atomic E-state index is -1.80. The predicted molar refractivity (Wildman–Crippen MR) is 122 cm³/mol. The van der Waals surface area contributed by atoms with Crippen molar-refractivity contribution in [3.63, 3.8) is 0 Å². The average molecular weight is 453 g/mol. The molecule has 3 aromatic carbocycles. The van der Waals surface area contributed by atoms with E-state index in [1.807, 2.05) is 91.0 Å². The number of alkyl halides is 1. The Morgan fingerprint density at radius 3 is 1.64 bits per heavy atom. The molecule has 1 saturated heterocycles. The highest BCUT2D eigenvalue weighted by atomic mass is 19.1. The first-order valence-corrected chi connectivity index (χ1v) is 11.1. The smallest absolute Gasteiger partial charge is 0.228 e. The molecule has 2 unspecified atom stereocenters. The summed E-state index contributed by atoms with van der Waals surface area (Å²) in [4.78, 5) is 0. The summed E-state index contributed by atoms with van der Waals surface area (Å²) in [6.45, 7) is 0.848. The van der Waals surface area contributed by atoms with Crippen molar-refractivity contribution in [2.75, 3.05) is 6.61 Å². The highest BCUT2D eigenvalue weighted by molar-refractivity contribution is 5.15. The van der Waals surface area contributed by atoms with E-state index in [-0.39, 0.29) is 19.8 Å². The Morgan fingerprint density at radius 1 is 0.667 bits per heavy atom. The first-order valence-electron chi connectivity index (χ1n) is 11.1. The molecule has 4 rings (SSSR count). The molecule has 1 aliphatic rings. The maximum Gasteiger partial charge on any atom is 0.228 e. The lowest BCUT2D eigenvalue weighted by atomic mass is 9.99. The van der Waals surface area contributed by atoms with Crippen LogP contribution in [0.15, 0.2) is 91.0 Å². The minimum absolute atomic E-state index is 0.0806. The molecule has 0 aliphatic carbocycles. The van der Waals surface area contributed by atoms with E-state index in [0.29, 0.717) is 6.61 Å². The first-order chi connectivity index (χ1) is 16.2. The van der Waals surface area contributed by atoms with Gasteiger partial charge in [0, 0.05) is 0 Å². The van der Waals surface area contributed by atoms with Crippen LogP contribution in [0.4, 0.5) is 4.39 Å². The number of hydrogen-bond acceptors (Lipinski definition) is 5. The lowest BCUT2D eigenvalue weighted by Crippen LogP contribution is -2.59. The minimum Gasteiger partial charge on any atom is -0.387 e. The molecule has 0 aromatic heterocycles. The van der Waals surface area contributed by atoms with Crippen molar-refractivity contribution in [1.82, 2.24) is 0 Å². The Morgan fingerprint density at radius 2 is 1.12 bits per heavy atom. The van der Waals surface area contributed by atoms with Crippen molar-refractivity contribution in [1.29, 1.82) is 0 Å². The highest BCUT2D eigenvalue weighted by Crippen LogP contribution is 2.28. The normalized spacial score (nSPS) is 25.1. The van der Waals surface area contributed by atoms with Gasteiger partial charge in [-0.1, -0.05) is 91.0 Å². The summed E-state index contributed by atoms with van der Waals surface area (Å²) in [5.41, 5.74) is 2.82. The molecule has 0 bridgehead atoms. The maximum absolute atomic E-state index is 14.9. The second kappa shape index (κ2) is 12.0. The Kier molecular flexibility index (Phi) is 8.58. The SMILES string of the molecule is O[C@@H]1C(OCc2ccccc2)[C@H](F)OC(COCc2ccccc2)[C@@H]1OCc1ccccc1. The Labute approximate surface area is 193 Å². The van der Waals surface area contributed by atoms with Gasteiger partial charge in [-0.2, -0.15) is 0 Å². The molecular weight excluding hydrogens is 423 g/mol. The van der Waals surface area contributed by atoms with Crippen molar-refractivity contribution in [2.24, 2.45) is 0 Å². The molecule has 0 radical (unpaired) electrons. The molecule has 1 N–H and O–H groups in total. The summed E-state index contributed by atoms with van der Waals surface area (Å²) >= 11 is 0. The number of aliphatic hydroxyl groups is 1. The third kappa shape index (κ3) is 6.69. The average Bonchev–Trinajstić information content (AvgIpc) is 2.85. The van der Waals surface area contributed by atoms with Crippen LogP contribution >= 0.6 is 0 Å². The van der Waals surface area contributed by atoms with Gasteiger partial charge in [-0.05, 0) is 16.7 Å². The van der Waals surface area contributed by atoms with E-state index in [9.17, 15) is 9.50 Å². The maximum atomic E-state index is 14.9. The zero-order chi connectivity index (χ0) is 22.9. The molecule has 5 nitrogen and oxygen atoms in total. The van der Waals surface area contributed by atoms with E-state index in [4.69, 9.17) is 18.9 Å². The summed E-state index contributed by atoms with van der Waals surface area (Å²) in [7, 11) is 0. The number of ether oxygens (including phenoxy) is 4. The Bertz CT molecular complexity index is 939. The highest BCUT2D eigenvalue weighted by Gasteiger charge is 2.47. The third-order valence-electron chi connectivity index (χ3n) is 5.57. The molecule has 5 atom stereocenters. The van der Waals surface area contributed by atoms with Gasteiger partial charge in [0.15, 0.2) is 0 Å². The van der Waals surface area contributed by atoms with Gasteiger partial charge >= 0.3 is 0 Å². The summed E-state index contributed by atoms with van der Waals surface area (Å²) in [6, 6.07) is 28.7. The van der Waals surface area contributed by atoms with Gasteiger partial charge in [0.1, 0.15) is 24.4 Å². The van der Waals surface area contributed by atoms with Gasteiger partial charge < -0.3 is 24.1 Å². The predicted octanol–water partition coefficient (Wildman–Crippen LogP) is 4.43. The Hall–Kier alpha value is -2.61. The van der Waals surface area contributed by atoms with Crippen molar-refractivity contribution < 1.29 is 28.4 Å². The molecular formula is C27H29FO5. The topological polar surface area (TPSA) is 57.2 Å². The molecule has 1 heterocycles. The molecule has 6 heteroatoms. The number of aliphatic hydroxyl groups excluding tert-OH is 1. The molecule has 33 heavy (non-hydrogen) atoms. The third-order valence-corrected chi connectivity index (χ3v) is 5.57. The van der Waals surface area contributed by atoms with Crippen LogP contribution in [0.5, 0.6) is 0 Å². The number of halogens is 1. The molecule has 0 spiro atoms. The van der Waals surface area contributed by atoms with E-state index in [2.05, 4.69) is 0 Å². The van der Waals surface area contributed by atoms with Gasteiger partial charge in [0.05, 0.1) is 26.4 Å². The first kappa shape index (κ1) is 23.5. The van der Waals surface area contributed by atoms with Crippen molar-refractivity contribution in [3.8, 4) is 0 Å². The van der Waals surface area contributed by atoms with Gasteiger partial charge in [0.2, 0.25) is 6.36 Å². The second-order valence-corrected chi connectivity index (χ2v) is 8.04. The van der Waals surface area contributed by atoms with E-state index in [1.165, 1.54) is 0 Å². The number of rotatable bonds is 10. The molecule has 1 fully saturated rings. The molecule has 3 aromatic rings. The van der Waals surface area contributed by atoms with Crippen molar-refractivity contribution in [3.05, 3.63) is 108 Å². The molecule has 1 aliphatic heterocycles. The molecule has 174 valence electrons. The van der Waals surface area contributed by atoms with Crippen LogP contribution in [0.2, 0.25) is 0 Å². The molecule has 0 amide bonds. The fourth-order valence-electron chi connectivity index (χ4n) is 3.80. The van der Waals surface area contributed by atoms with Crippen LogP contribution in [-0.4, -0.2) is 42.5 Å². The summed E-state index contributed by atoms with van der Waals surface area (Å²) in [6.07, 6.45) is -5.78. The van der Waals surface area contributed by atoms with Gasteiger partial charge in [0.25, 0.3) is 0 Å². The van der Waals surface area contributed by atoms with E-state index in [1.54, 1.807) is 0 Å². The monoisotopic (exact) mass is 452 g/mol. The standard InChI is InChI=1S/C27H29FO5/c28-27-26(32-18-22-14-8-3-9-15-22)24(29)25(31-17-21-12-6-2-7-13-21)23(33-27)19-30-16-20-10-4-1-5-11-20/h1-15,23-27,29H,16-19H2/t23?,24-,25-,26?,27+/m0/s1.